The third-order valence-corrected chi connectivity index (χ3v) is 3.07. The van der Waals surface area contributed by atoms with Crippen LogP contribution in [-0.2, 0) is 4.79 Å². The van der Waals surface area contributed by atoms with Crippen molar-refractivity contribution < 1.29 is 9.90 Å². The van der Waals surface area contributed by atoms with Gasteiger partial charge in [-0.25, -0.2) is 0 Å². The molecule has 74 valence electrons. The molecule has 0 saturated heterocycles. The zero-order valence-corrected chi connectivity index (χ0v) is 8.25. The molecule has 0 heterocycles. The summed E-state index contributed by atoms with van der Waals surface area (Å²) in [6.07, 6.45) is 6.71. The van der Waals surface area contributed by atoms with Crippen molar-refractivity contribution in [1.82, 2.24) is 0 Å². The Morgan fingerprint density at radius 1 is 1.69 bits per heavy atom. The van der Waals surface area contributed by atoms with Crippen molar-refractivity contribution in [2.75, 3.05) is 0 Å². The minimum Gasteiger partial charge on any atom is -0.481 e. The first-order valence-electron chi connectivity index (χ1n) is 4.95. The predicted molar refractivity (Wildman–Crippen MR) is 52.5 cm³/mol. The van der Waals surface area contributed by atoms with Crippen molar-refractivity contribution in [3.63, 3.8) is 0 Å². The lowest BCUT2D eigenvalue weighted by molar-refractivity contribution is -0.149. The molecule has 1 rings (SSSR count). The summed E-state index contributed by atoms with van der Waals surface area (Å²) in [6, 6.07) is 0. The lowest BCUT2D eigenvalue weighted by Gasteiger charge is -2.24. The highest BCUT2D eigenvalue weighted by Gasteiger charge is 2.46. The highest BCUT2D eigenvalue weighted by Crippen LogP contribution is 2.48. The van der Waals surface area contributed by atoms with Gasteiger partial charge in [0, 0.05) is 0 Å². The molecule has 2 heteroatoms. The van der Waals surface area contributed by atoms with Crippen LogP contribution in [0.1, 0.15) is 39.0 Å². The fourth-order valence-electron chi connectivity index (χ4n) is 1.82. The molecule has 1 N–H and O–H groups in total. The van der Waals surface area contributed by atoms with E-state index in [-0.39, 0.29) is 0 Å². The molecular weight excluding hydrogens is 164 g/mol. The third-order valence-electron chi connectivity index (χ3n) is 3.07. The van der Waals surface area contributed by atoms with E-state index in [0.717, 1.165) is 32.1 Å². The van der Waals surface area contributed by atoms with Crippen molar-refractivity contribution in [2.24, 2.45) is 11.3 Å². The predicted octanol–water partition coefficient (Wildman–Crippen LogP) is 2.84. The fourth-order valence-corrected chi connectivity index (χ4v) is 1.82. The average Bonchev–Trinajstić information content (AvgIpc) is 2.86. The molecule has 1 unspecified atom stereocenters. The van der Waals surface area contributed by atoms with Gasteiger partial charge in [0.1, 0.15) is 0 Å². The van der Waals surface area contributed by atoms with E-state index in [0.29, 0.717) is 5.92 Å². The maximum Gasteiger partial charge on any atom is 0.309 e. The van der Waals surface area contributed by atoms with Gasteiger partial charge < -0.3 is 5.11 Å². The zero-order valence-electron chi connectivity index (χ0n) is 8.25. The summed E-state index contributed by atoms with van der Waals surface area (Å²) < 4.78 is 0. The van der Waals surface area contributed by atoms with Crippen LogP contribution in [0, 0.1) is 11.3 Å². The molecule has 1 saturated carbocycles. The zero-order chi connectivity index (χ0) is 9.90. The first kappa shape index (κ1) is 10.3. The van der Waals surface area contributed by atoms with Crippen molar-refractivity contribution >= 4 is 5.97 Å². The van der Waals surface area contributed by atoms with Gasteiger partial charge in [-0.1, -0.05) is 6.08 Å². The molecular formula is C11H18O2. The van der Waals surface area contributed by atoms with Gasteiger partial charge >= 0.3 is 5.97 Å². The maximum atomic E-state index is 11.1. The van der Waals surface area contributed by atoms with Crippen LogP contribution in [0.25, 0.3) is 0 Å². The quantitative estimate of drug-likeness (QED) is 0.506. The summed E-state index contributed by atoms with van der Waals surface area (Å²) in [4.78, 5) is 11.1. The Labute approximate surface area is 79.6 Å². The van der Waals surface area contributed by atoms with Gasteiger partial charge in [0.2, 0.25) is 0 Å². The van der Waals surface area contributed by atoms with E-state index in [1.165, 1.54) is 0 Å². The largest absolute Gasteiger partial charge is 0.481 e. The molecule has 0 bridgehead atoms. The van der Waals surface area contributed by atoms with E-state index < -0.39 is 11.4 Å². The van der Waals surface area contributed by atoms with Crippen LogP contribution in [0.2, 0.25) is 0 Å². The molecule has 2 nitrogen and oxygen atoms in total. The van der Waals surface area contributed by atoms with Gasteiger partial charge in [-0.05, 0) is 44.9 Å². The van der Waals surface area contributed by atoms with Gasteiger partial charge in [-0.2, -0.15) is 0 Å². The van der Waals surface area contributed by atoms with Crippen LogP contribution in [0.15, 0.2) is 12.7 Å². The molecule has 1 fully saturated rings. The first-order chi connectivity index (χ1) is 6.11. The molecule has 0 aliphatic heterocycles. The smallest absolute Gasteiger partial charge is 0.309 e. The number of carbonyl (C=O) groups is 1. The van der Waals surface area contributed by atoms with Gasteiger partial charge in [-0.3, -0.25) is 4.79 Å². The van der Waals surface area contributed by atoms with Crippen molar-refractivity contribution in [2.45, 2.75) is 39.0 Å². The molecule has 0 amide bonds. The van der Waals surface area contributed by atoms with Gasteiger partial charge in [-0.15, -0.1) is 6.58 Å². The Morgan fingerprint density at radius 2 is 2.31 bits per heavy atom. The Hall–Kier alpha value is -0.790. The summed E-state index contributed by atoms with van der Waals surface area (Å²) in [5, 5.41) is 9.12. The van der Waals surface area contributed by atoms with E-state index >= 15 is 0 Å². The summed E-state index contributed by atoms with van der Waals surface area (Å²) in [7, 11) is 0. The lowest BCUT2D eigenvalue weighted by Crippen LogP contribution is -2.29. The second kappa shape index (κ2) is 3.95. The SMILES string of the molecule is C=CCCCC(C)(C(=O)O)C1CC1. The van der Waals surface area contributed by atoms with Crippen LogP contribution in [0.4, 0.5) is 0 Å². The Kier molecular flexibility index (Phi) is 3.12. The first-order valence-corrected chi connectivity index (χ1v) is 4.95. The Bertz CT molecular complexity index is 206. The third kappa shape index (κ3) is 2.33. The van der Waals surface area contributed by atoms with E-state index in [4.69, 9.17) is 5.11 Å². The topological polar surface area (TPSA) is 37.3 Å². The number of allylic oxidation sites excluding steroid dienone is 1. The number of aliphatic carboxylic acids is 1. The molecule has 0 spiro atoms. The van der Waals surface area contributed by atoms with Crippen LogP contribution in [-0.4, -0.2) is 11.1 Å². The van der Waals surface area contributed by atoms with Gasteiger partial charge in [0.15, 0.2) is 0 Å². The minimum absolute atomic E-state index is 0.426. The van der Waals surface area contributed by atoms with Crippen LogP contribution in [0.5, 0.6) is 0 Å². The van der Waals surface area contributed by atoms with E-state index in [1.54, 1.807) is 0 Å². The standard InChI is InChI=1S/C11H18O2/c1-3-4-5-8-11(2,10(12)13)9-6-7-9/h3,9H,1,4-8H2,2H3,(H,12,13). The van der Waals surface area contributed by atoms with Crippen LogP contribution >= 0.6 is 0 Å². The molecule has 0 aromatic rings. The van der Waals surface area contributed by atoms with Crippen molar-refractivity contribution in [3.8, 4) is 0 Å². The summed E-state index contributed by atoms with van der Waals surface area (Å²) in [5.74, 6) is -0.200. The average molecular weight is 182 g/mol. The second-order valence-corrected chi connectivity index (χ2v) is 4.18. The van der Waals surface area contributed by atoms with E-state index in [1.807, 2.05) is 13.0 Å². The fraction of sp³-hybridized carbons (Fsp3) is 0.727. The monoisotopic (exact) mass is 182 g/mol. The molecule has 13 heavy (non-hydrogen) atoms. The van der Waals surface area contributed by atoms with E-state index in [2.05, 4.69) is 6.58 Å². The van der Waals surface area contributed by atoms with Crippen LogP contribution < -0.4 is 0 Å². The summed E-state index contributed by atoms with van der Waals surface area (Å²) in [5.41, 5.74) is -0.469. The Balaban J connectivity index is 2.46. The summed E-state index contributed by atoms with van der Waals surface area (Å²) in [6.45, 7) is 5.52. The second-order valence-electron chi connectivity index (χ2n) is 4.18. The molecule has 1 aliphatic carbocycles. The number of hydrogen-bond acceptors (Lipinski definition) is 1. The lowest BCUT2D eigenvalue weighted by atomic mass is 9.80. The molecule has 0 radical (unpaired) electrons. The highest BCUT2D eigenvalue weighted by molar-refractivity contribution is 5.75. The normalized spacial score (nSPS) is 20.7. The van der Waals surface area contributed by atoms with E-state index in [9.17, 15) is 4.79 Å². The summed E-state index contributed by atoms with van der Waals surface area (Å²) >= 11 is 0. The number of rotatable bonds is 6. The number of carboxylic acids is 1. The molecule has 0 aromatic carbocycles. The van der Waals surface area contributed by atoms with Gasteiger partial charge in [0.05, 0.1) is 5.41 Å². The van der Waals surface area contributed by atoms with Crippen molar-refractivity contribution in [1.29, 1.82) is 0 Å². The number of hydrogen-bond donors (Lipinski definition) is 1. The number of unbranched alkanes of at least 4 members (excludes halogenated alkanes) is 1. The number of carboxylic acid groups (broad SMARTS) is 1. The minimum atomic E-state index is -0.626. The molecule has 1 aliphatic rings. The molecule has 1 atom stereocenters. The maximum absolute atomic E-state index is 11.1. The van der Waals surface area contributed by atoms with Crippen LogP contribution in [0.3, 0.4) is 0 Å². The van der Waals surface area contributed by atoms with Gasteiger partial charge in [0.25, 0.3) is 0 Å². The molecule has 0 aromatic heterocycles. The highest BCUT2D eigenvalue weighted by atomic mass is 16.4. The van der Waals surface area contributed by atoms with Crippen molar-refractivity contribution in [3.05, 3.63) is 12.7 Å². The Morgan fingerprint density at radius 3 is 2.69 bits per heavy atom.